The van der Waals surface area contributed by atoms with Crippen molar-refractivity contribution in [3.8, 4) is 11.5 Å². The number of nitrogens with zero attached hydrogens (tertiary/aromatic N) is 1. The molecule has 0 radical (unpaired) electrons. The molecule has 0 unspecified atom stereocenters. The number of hydrogen-bond acceptors (Lipinski definition) is 6. The standard InChI is InChI=1S/C22H29N3O5S/c1-4-29-21(27)19-14(2)23-22(31)24-20(19)15-8-9-16(17(12-15)28-3)30-13-18(26)25-10-6-5-7-11-25/h8-9,12,20H,4-7,10-11,13H2,1-3H3,(H2,23,24,31)/t20-/m0/s1. The molecule has 3 rings (SSSR count). The van der Waals surface area contributed by atoms with Crippen LogP contribution >= 0.6 is 12.2 Å². The predicted molar refractivity (Wildman–Crippen MR) is 120 cm³/mol. The Morgan fingerprint density at radius 3 is 2.61 bits per heavy atom. The summed E-state index contributed by atoms with van der Waals surface area (Å²) in [4.78, 5) is 26.8. The molecule has 0 aromatic heterocycles. The van der Waals surface area contributed by atoms with E-state index < -0.39 is 12.0 Å². The van der Waals surface area contributed by atoms with Crippen LogP contribution in [0.3, 0.4) is 0 Å². The average molecular weight is 448 g/mol. The molecule has 9 heteroatoms. The second-order valence-corrected chi connectivity index (χ2v) is 7.84. The Bertz CT molecular complexity index is 880. The second kappa shape index (κ2) is 10.5. The molecule has 0 saturated carbocycles. The fourth-order valence-electron chi connectivity index (χ4n) is 3.78. The van der Waals surface area contributed by atoms with Crippen LogP contribution in [0.15, 0.2) is 29.5 Å². The summed E-state index contributed by atoms with van der Waals surface area (Å²) in [6, 6.07) is 4.84. The first-order valence-electron chi connectivity index (χ1n) is 10.5. The second-order valence-electron chi connectivity index (χ2n) is 7.43. The van der Waals surface area contributed by atoms with Gasteiger partial charge in [0.25, 0.3) is 5.91 Å². The number of likely N-dealkylation sites (tertiary alicyclic amines) is 1. The van der Waals surface area contributed by atoms with Crippen molar-refractivity contribution in [3.63, 3.8) is 0 Å². The lowest BCUT2D eigenvalue weighted by Crippen LogP contribution is -2.45. The third-order valence-electron chi connectivity index (χ3n) is 5.35. The zero-order valence-electron chi connectivity index (χ0n) is 18.2. The minimum atomic E-state index is -0.495. The van der Waals surface area contributed by atoms with Crippen LogP contribution in [0.25, 0.3) is 0 Å². The van der Waals surface area contributed by atoms with E-state index in [0.29, 0.717) is 27.9 Å². The molecule has 1 saturated heterocycles. The number of methoxy groups -OCH3 is 1. The van der Waals surface area contributed by atoms with Crippen molar-refractivity contribution >= 4 is 29.2 Å². The summed E-state index contributed by atoms with van der Waals surface area (Å²) in [5, 5.41) is 6.51. The summed E-state index contributed by atoms with van der Waals surface area (Å²) in [5.74, 6) is 0.487. The normalized spacial score (nSPS) is 18.7. The molecule has 0 aliphatic carbocycles. The summed E-state index contributed by atoms with van der Waals surface area (Å²) in [5.41, 5.74) is 1.85. The van der Waals surface area contributed by atoms with E-state index in [4.69, 9.17) is 26.4 Å². The number of hydrogen-bond donors (Lipinski definition) is 2. The van der Waals surface area contributed by atoms with Gasteiger partial charge < -0.3 is 29.7 Å². The third kappa shape index (κ3) is 5.46. The maximum absolute atomic E-state index is 12.5. The van der Waals surface area contributed by atoms with Crippen molar-refractivity contribution in [2.45, 2.75) is 39.2 Å². The zero-order valence-corrected chi connectivity index (χ0v) is 19.0. The van der Waals surface area contributed by atoms with Crippen LogP contribution in [-0.4, -0.2) is 55.3 Å². The monoisotopic (exact) mass is 447 g/mol. The molecule has 31 heavy (non-hydrogen) atoms. The number of esters is 1. The fraction of sp³-hybridized carbons (Fsp3) is 0.500. The van der Waals surface area contributed by atoms with Gasteiger partial charge in [-0.05, 0) is 63.0 Å². The van der Waals surface area contributed by atoms with E-state index in [2.05, 4.69) is 10.6 Å². The van der Waals surface area contributed by atoms with Crippen molar-refractivity contribution in [3.05, 3.63) is 35.0 Å². The van der Waals surface area contributed by atoms with Gasteiger partial charge in [0.1, 0.15) is 0 Å². The number of nitrogens with one attached hydrogen (secondary N) is 2. The summed E-state index contributed by atoms with van der Waals surface area (Å²) >= 11 is 5.28. The molecule has 168 valence electrons. The lowest BCUT2D eigenvalue weighted by Gasteiger charge is -2.30. The minimum absolute atomic E-state index is 0.0284. The fourth-order valence-corrected chi connectivity index (χ4v) is 4.05. The van der Waals surface area contributed by atoms with Crippen LogP contribution < -0.4 is 20.1 Å². The van der Waals surface area contributed by atoms with Crippen LogP contribution in [0.5, 0.6) is 11.5 Å². The Morgan fingerprint density at radius 1 is 1.19 bits per heavy atom. The van der Waals surface area contributed by atoms with E-state index in [1.54, 1.807) is 26.0 Å². The highest BCUT2D eigenvalue weighted by Crippen LogP contribution is 2.34. The van der Waals surface area contributed by atoms with Gasteiger partial charge in [-0.3, -0.25) is 4.79 Å². The van der Waals surface area contributed by atoms with Crippen molar-refractivity contribution in [1.29, 1.82) is 0 Å². The molecule has 2 aliphatic heterocycles. The van der Waals surface area contributed by atoms with Gasteiger partial charge in [0, 0.05) is 18.8 Å². The first kappa shape index (κ1) is 22.9. The SMILES string of the molecule is CCOC(=O)C1=C(C)NC(=S)N[C@H]1c1ccc(OCC(=O)N2CCCCC2)c(OC)c1. The maximum atomic E-state index is 12.5. The summed E-state index contributed by atoms with van der Waals surface area (Å²) < 4.78 is 16.5. The Labute approximate surface area is 187 Å². The molecular formula is C22H29N3O5S. The van der Waals surface area contributed by atoms with Crippen molar-refractivity contribution < 1.29 is 23.8 Å². The molecule has 8 nitrogen and oxygen atoms in total. The van der Waals surface area contributed by atoms with Gasteiger partial charge in [0.05, 0.1) is 25.3 Å². The Kier molecular flexibility index (Phi) is 7.73. The predicted octanol–water partition coefficient (Wildman–Crippen LogP) is 2.44. The van der Waals surface area contributed by atoms with Crippen molar-refractivity contribution in [1.82, 2.24) is 15.5 Å². The molecule has 1 fully saturated rings. The summed E-state index contributed by atoms with van der Waals surface area (Å²) in [6.07, 6.45) is 3.23. The maximum Gasteiger partial charge on any atom is 0.338 e. The highest BCUT2D eigenvalue weighted by atomic mass is 32.1. The molecule has 1 aromatic carbocycles. The third-order valence-corrected chi connectivity index (χ3v) is 5.57. The first-order valence-corrected chi connectivity index (χ1v) is 10.9. The lowest BCUT2D eigenvalue weighted by molar-refractivity contribution is -0.139. The van der Waals surface area contributed by atoms with E-state index in [1.165, 1.54) is 7.11 Å². The highest BCUT2D eigenvalue weighted by molar-refractivity contribution is 7.80. The molecular weight excluding hydrogens is 418 g/mol. The van der Waals surface area contributed by atoms with Gasteiger partial charge in [0.15, 0.2) is 23.2 Å². The molecule has 2 N–H and O–H groups in total. The molecule has 1 atom stereocenters. The Hall–Kier alpha value is -2.81. The molecule has 0 spiro atoms. The number of carbonyl (C=O) groups is 2. The molecule has 2 aliphatic rings. The van der Waals surface area contributed by atoms with E-state index in [1.807, 2.05) is 11.0 Å². The van der Waals surface area contributed by atoms with Crippen LogP contribution in [0.2, 0.25) is 0 Å². The van der Waals surface area contributed by atoms with Gasteiger partial charge in [-0.2, -0.15) is 0 Å². The van der Waals surface area contributed by atoms with Gasteiger partial charge in [-0.15, -0.1) is 0 Å². The Morgan fingerprint density at radius 2 is 1.94 bits per heavy atom. The molecule has 0 bridgehead atoms. The van der Waals surface area contributed by atoms with E-state index in [-0.39, 0.29) is 19.1 Å². The first-order chi connectivity index (χ1) is 14.9. The van der Waals surface area contributed by atoms with Crippen LogP contribution in [0.4, 0.5) is 0 Å². The number of allylic oxidation sites excluding steroid dienone is 1. The number of benzene rings is 1. The minimum Gasteiger partial charge on any atom is -0.493 e. The van der Waals surface area contributed by atoms with Gasteiger partial charge in [-0.25, -0.2) is 4.79 Å². The van der Waals surface area contributed by atoms with E-state index in [9.17, 15) is 9.59 Å². The largest absolute Gasteiger partial charge is 0.493 e. The average Bonchev–Trinajstić information content (AvgIpc) is 2.77. The van der Waals surface area contributed by atoms with E-state index in [0.717, 1.165) is 37.9 Å². The summed E-state index contributed by atoms with van der Waals surface area (Å²) in [7, 11) is 1.53. The molecule has 1 amide bonds. The number of thiocarbonyl (C=S) groups is 1. The Balaban J connectivity index is 1.79. The zero-order chi connectivity index (χ0) is 22.4. The quantitative estimate of drug-likeness (QED) is 0.487. The smallest absolute Gasteiger partial charge is 0.338 e. The number of carbonyl (C=O) groups excluding carboxylic acids is 2. The van der Waals surface area contributed by atoms with Gasteiger partial charge >= 0.3 is 5.97 Å². The lowest BCUT2D eigenvalue weighted by atomic mass is 9.95. The molecule has 2 heterocycles. The van der Waals surface area contributed by atoms with Gasteiger partial charge in [0.2, 0.25) is 0 Å². The number of rotatable bonds is 7. The van der Waals surface area contributed by atoms with Crippen molar-refractivity contribution in [2.75, 3.05) is 33.4 Å². The number of piperidine rings is 1. The van der Waals surface area contributed by atoms with Crippen molar-refractivity contribution in [2.24, 2.45) is 0 Å². The van der Waals surface area contributed by atoms with Crippen LogP contribution in [0.1, 0.15) is 44.7 Å². The number of ether oxygens (including phenoxy) is 3. The van der Waals surface area contributed by atoms with Crippen LogP contribution in [0, 0.1) is 0 Å². The van der Waals surface area contributed by atoms with Crippen LogP contribution in [-0.2, 0) is 14.3 Å². The molecule has 1 aromatic rings. The topological polar surface area (TPSA) is 89.1 Å². The van der Waals surface area contributed by atoms with E-state index >= 15 is 0 Å². The van der Waals surface area contributed by atoms with Gasteiger partial charge in [-0.1, -0.05) is 6.07 Å². The summed E-state index contributed by atoms with van der Waals surface area (Å²) in [6.45, 7) is 5.33. The highest BCUT2D eigenvalue weighted by Gasteiger charge is 2.31. The number of amides is 1.